The summed E-state index contributed by atoms with van der Waals surface area (Å²) in [7, 11) is 0. The van der Waals surface area contributed by atoms with Crippen LogP contribution in [0.1, 0.15) is 32.0 Å². The third kappa shape index (κ3) is 6.35. The highest BCUT2D eigenvalue weighted by molar-refractivity contribution is 6.03. The van der Waals surface area contributed by atoms with Gasteiger partial charge in [-0.1, -0.05) is 36.4 Å². The number of benzene rings is 3. The molecule has 2 amide bonds. The lowest BCUT2D eigenvalue weighted by atomic mass is 10.0. The van der Waals surface area contributed by atoms with E-state index in [1.807, 2.05) is 30.3 Å². The summed E-state index contributed by atoms with van der Waals surface area (Å²) in [5.41, 5.74) is 4.73. The fraction of sp³-hybridized carbons (Fsp3) is 0.161. The molecule has 2 heterocycles. The highest BCUT2D eigenvalue weighted by atomic mass is 19.1. The number of hydrogen-bond donors (Lipinski definition) is 1. The molecule has 8 heteroatoms. The van der Waals surface area contributed by atoms with Crippen LogP contribution in [0.3, 0.4) is 0 Å². The molecule has 0 unspecified atom stereocenters. The summed E-state index contributed by atoms with van der Waals surface area (Å²) >= 11 is 0. The molecule has 39 heavy (non-hydrogen) atoms. The number of pyridine rings is 1. The Kier molecular flexibility index (Phi) is 7.71. The maximum Gasteiger partial charge on any atom is 0.274 e. The standard InChI is InChI=1S/C31H26FN5O2/c32-27-9-4-22(5-10-27)21-36-14-16-37(17-15-36)31(39)26-8-13-29(34-20-26)30(38)35-28-11-6-24(7-12-28)25-3-1-2-23(18-25)19-33/h1-13,18,20H,14-17,21H2,(H,35,38). The molecular formula is C31H26FN5O2. The highest BCUT2D eigenvalue weighted by Gasteiger charge is 2.23. The lowest BCUT2D eigenvalue weighted by Gasteiger charge is -2.34. The number of aromatic nitrogens is 1. The van der Waals surface area contributed by atoms with Crippen molar-refractivity contribution in [1.29, 1.82) is 5.26 Å². The van der Waals surface area contributed by atoms with Gasteiger partial charge >= 0.3 is 0 Å². The van der Waals surface area contributed by atoms with Crippen LogP contribution in [0.25, 0.3) is 11.1 Å². The Morgan fingerprint density at radius 2 is 1.64 bits per heavy atom. The second-order valence-electron chi connectivity index (χ2n) is 9.35. The Balaban J connectivity index is 1.14. The number of hydrogen-bond acceptors (Lipinski definition) is 5. The quantitative estimate of drug-likeness (QED) is 0.389. The predicted molar refractivity (Wildman–Crippen MR) is 146 cm³/mol. The Morgan fingerprint density at radius 1 is 0.897 bits per heavy atom. The van der Waals surface area contributed by atoms with E-state index in [4.69, 9.17) is 5.26 Å². The average Bonchev–Trinajstić information content (AvgIpc) is 2.99. The molecule has 1 saturated heterocycles. The van der Waals surface area contributed by atoms with E-state index in [-0.39, 0.29) is 23.3 Å². The molecule has 0 spiro atoms. The molecule has 1 aromatic heterocycles. The molecule has 0 saturated carbocycles. The number of halogens is 1. The van der Waals surface area contributed by atoms with Crippen molar-refractivity contribution in [2.24, 2.45) is 0 Å². The van der Waals surface area contributed by atoms with E-state index in [1.54, 1.807) is 47.4 Å². The number of amides is 2. The molecule has 1 N–H and O–H groups in total. The number of nitrogens with one attached hydrogen (secondary N) is 1. The van der Waals surface area contributed by atoms with Gasteiger partial charge < -0.3 is 10.2 Å². The molecule has 0 bridgehead atoms. The molecule has 1 aliphatic heterocycles. The molecule has 0 radical (unpaired) electrons. The molecule has 0 aliphatic carbocycles. The first-order valence-corrected chi connectivity index (χ1v) is 12.6. The van der Waals surface area contributed by atoms with Crippen LogP contribution in [0.2, 0.25) is 0 Å². The van der Waals surface area contributed by atoms with E-state index in [1.165, 1.54) is 18.3 Å². The zero-order valence-corrected chi connectivity index (χ0v) is 21.2. The van der Waals surface area contributed by atoms with Gasteiger partial charge in [0.15, 0.2) is 0 Å². The topological polar surface area (TPSA) is 89.3 Å². The van der Waals surface area contributed by atoms with Crippen molar-refractivity contribution >= 4 is 17.5 Å². The number of rotatable bonds is 6. The minimum Gasteiger partial charge on any atom is -0.336 e. The summed E-state index contributed by atoms with van der Waals surface area (Å²) < 4.78 is 13.1. The van der Waals surface area contributed by atoms with Crippen molar-refractivity contribution in [2.45, 2.75) is 6.54 Å². The van der Waals surface area contributed by atoms with Gasteiger partial charge in [-0.3, -0.25) is 19.5 Å². The van der Waals surface area contributed by atoms with Crippen LogP contribution in [-0.2, 0) is 6.54 Å². The van der Waals surface area contributed by atoms with Crippen molar-refractivity contribution in [2.75, 3.05) is 31.5 Å². The van der Waals surface area contributed by atoms with Crippen molar-refractivity contribution in [1.82, 2.24) is 14.8 Å². The van der Waals surface area contributed by atoms with E-state index >= 15 is 0 Å². The largest absolute Gasteiger partial charge is 0.336 e. The van der Waals surface area contributed by atoms with Crippen LogP contribution in [0, 0.1) is 17.1 Å². The molecule has 5 rings (SSSR count). The monoisotopic (exact) mass is 519 g/mol. The molecule has 194 valence electrons. The second kappa shape index (κ2) is 11.7. The van der Waals surface area contributed by atoms with Crippen LogP contribution in [-0.4, -0.2) is 52.8 Å². The Labute approximate surface area is 226 Å². The van der Waals surface area contributed by atoms with Gasteiger partial charge in [0.05, 0.1) is 17.2 Å². The van der Waals surface area contributed by atoms with E-state index in [2.05, 4.69) is 21.3 Å². The smallest absolute Gasteiger partial charge is 0.274 e. The lowest BCUT2D eigenvalue weighted by Crippen LogP contribution is -2.48. The number of anilines is 1. The van der Waals surface area contributed by atoms with Crippen LogP contribution in [0.4, 0.5) is 10.1 Å². The Hall–Kier alpha value is -4.87. The zero-order valence-electron chi connectivity index (χ0n) is 21.2. The minimum absolute atomic E-state index is 0.119. The summed E-state index contributed by atoms with van der Waals surface area (Å²) in [6.07, 6.45) is 1.44. The Bertz CT molecular complexity index is 1500. The van der Waals surface area contributed by atoms with Gasteiger partial charge in [0.2, 0.25) is 0 Å². The maximum atomic E-state index is 13.1. The number of carbonyl (C=O) groups is 2. The van der Waals surface area contributed by atoms with Crippen LogP contribution >= 0.6 is 0 Å². The van der Waals surface area contributed by atoms with Crippen LogP contribution in [0.5, 0.6) is 0 Å². The molecule has 0 atom stereocenters. The average molecular weight is 520 g/mol. The summed E-state index contributed by atoms with van der Waals surface area (Å²) in [4.78, 5) is 33.9. The first-order chi connectivity index (χ1) is 19.0. The van der Waals surface area contributed by atoms with Gasteiger partial charge in [0.25, 0.3) is 11.8 Å². The van der Waals surface area contributed by atoms with Gasteiger partial charge in [-0.2, -0.15) is 5.26 Å². The molecular weight excluding hydrogens is 493 g/mol. The maximum absolute atomic E-state index is 13.1. The summed E-state index contributed by atoms with van der Waals surface area (Å²) in [5.74, 6) is -0.741. The van der Waals surface area contributed by atoms with E-state index in [0.717, 1.165) is 29.8 Å². The van der Waals surface area contributed by atoms with Gasteiger partial charge in [0.1, 0.15) is 11.5 Å². The summed E-state index contributed by atoms with van der Waals surface area (Å²) in [6.45, 7) is 3.32. The Morgan fingerprint density at radius 3 is 2.31 bits per heavy atom. The van der Waals surface area contributed by atoms with E-state index in [9.17, 15) is 14.0 Å². The van der Waals surface area contributed by atoms with E-state index < -0.39 is 0 Å². The van der Waals surface area contributed by atoms with Gasteiger partial charge in [-0.25, -0.2) is 4.39 Å². The SMILES string of the molecule is N#Cc1cccc(-c2ccc(NC(=O)c3ccc(C(=O)N4CCN(Cc5ccc(F)cc5)CC4)cn3)cc2)c1. The first-order valence-electron chi connectivity index (χ1n) is 12.6. The van der Waals surface area contributed by atoms with Crippen LogP contribution in [0.15, 0.2) is 91.1 Å². The zero-order chi connectivity index (χ0) is 27.2. The molecule has 1 fully saturated rings. The second-order valence-corrected chi connectivity index (χ2v) is 9.35. The third-order valence-corrected chi connectivity index (χ3v) is 6.69. The van der Waals surface area contributed by atoms with Crippen molar-refractivity contribution in [3.05, 3.63) is 119 Å². The molecule has 7 nitrogen and oxygen atoms in total. The lowest BCUT2D eigenvalue weighted by molar-refractivity contribution is 0.0627. The van der Waals surface area contributed by atoms with Gasteiger partial charge in [0, 0.05) is 44.6 Å². The van der Waals surface area contributed by atoms with Gasteiger partial charge in [-0.15, -0.1) is 0 Å². The molecule has 3 aromatic carbocycles. The van der Waals surface area contributed by atoms with Crippen LogP contribution < -0.4 is 5.32 Å². The normalized spacial score (nSPS) is 13.5. The summed E-state index contributed by atoms with van der Waals surface area (Å²) in [6, 6.07) is 26.4. The van der Waals surface area contributed by atoms with E-state index in [0.29, 0.717) is 36.4 Å². The minimum atomic E-state index is -0.373. The highest BCUT2D eigenvalue weighted by Crippen LogP contribution is 2.22. The number of carbonyl (C=O) groups excluding carboxylic acids is 2. The first kappa shape index (κ1) is 25.8. The summed E-state index contributed by atoms with van der Waals surface area (Å²) in [5, 5.41) is 11.9. The third-order valence-electron chi connectivity index (χ3n) is 6.69. The number of piperazine rings is 1. The predicted octanol–water partition coefficient (Wildman–Crippen LogP) is 4.97. The molecule has 1 aliphatic rings. The fourth-order valence-corrected chi connectivity index (χ4v) is 4.50. The fourth-order valence-electron chi connectivity index (χ4n) is 4.50. The number of nitrogens with zero attached hydrogens (tertiary/aromatic N) is 4. The number of nitriles is 1. The van der Waals surface area contributed by atoms with Crippen molar-refractivity contribution in [3.8, 4) is 17.2 Å². The van der Waals surface area contributed by atoms with Crippen molar-refractivity contribution in [3.63, 3.8) is 0 Å². The van der Waals surface area contributed by atoms with Crippen molar-refractivity contribution < 1.29 is 14.0 Å². The van der Waals surface area contributed by atoms with Gasteiger partial charge in [-0.05, 0) is 65.2 Å². The molecule has 4 aromatic rings.